The molecule has 5 nitrogen and oxygen atoms in total. The number of hydrogen-bond acceptors (Lipinski definition) is 4. The third kappa shape index (κ3) is 5.78. The number of ether oxygens (including phenoxy) is 1. The Labute approximate surface area is 153 Å². The van der Waals surface area contributed by atoms with E-state index < -0.39 is 5.60 Å². The molecule has 1 aromatic carbocycles. The van der Waals surface area contributed by atoms with Crippen LogP contribution in [0.1, 0.15) is 39.2 Å². The maximum atomic E-state index is 12.4. The predicted octanol–water partition coefficient (Wildman–Crippen LogP) is 4.46. The van der Waals surface area contributed by atoms with Crippen molar-refractivity contribution >= 4 is 29.2 Å². The maximum Gasteiger partial charge on any atom is 0.410 e. The lowest BCUT2D eigenvalue weighted by Gasteiger charge is -2.32. The Bertz CT molecular complexity index is 653. The van der Waals surface area contributed by atoms with Crippen LogP contribution in [0, 0.1) is 5.92 Å². The fourth-order valence-electron chi connectivity index (χ4n) is 2.63. The number of likely N-dealkylation sites (tertiary alicyclic amines) is 1. The van der Waals surface area contributed by atoms with Crippen LogP contribution in [0.3, 0.4) is 0 Å². The van der Waals surface area contributed by atoms with E-state index >= 15 is 0 Å². The summed E-state index contributed by atoms with van der Waals surface area (Å²) in [5, 5.41) is 10.7. The summed E-state index contributed by atoms with van der Waals surface area (Å²) in [5.74, 6) is -0.402. The van der Waals surface area contributed by atoms with Gasteiger partial charge in [0.1, 0.15) is 11.4 Å². The number of carbonyl (C=O) groups is 2. The molecule has 0 spiro atoms. The second-order valence-corrected chi connectivity index (χ2v) is 7.62. The molecule has 1 aliphatic heterocycles. The molecule has 25 heavy (non-hydrogen) atoms. The second-order valence-electron chi connectivity index (χ2n) is 7.18. The van der Waals surface area contributed by atoms with E-state index in [-0.39, 0.29) is 23.6 Å². The summed E-state index contributed by atoms with van der Waals surface area (Å²) in [4.78, 5) is 26.0. The Morgan fingerprint density at radius 1 is 1.20 bits per heavy atom. The summed E-state index contributed by atoms with van der Waals surface area (Å²) in [7, 11) is 0. The highest BCUT2D eigenvalue weighted by Gasteiger charge is 2.29. The van der Waals surface area contributed by atoms with Crippen molar-refractivity contribution in [1.82, 2.24) is 4.90 Å². The Balaban J connectivity index is 1.91. The number of aliphatic hydroxyl groups is 1. The average molecular weight is 366 g/mol. The summed E-state index contributed by atoms with van der Waals surface area (Å²) >= 11 is 5.81. The van der Waals surface area contributed by atoms with E-state index in [0.29, 0.717) is 36.5 Å². The maximum absolute atomic E-state index is 12.4. The molecule has 1 saturated heterocycles. The molecule has 6 heteroatoms. The van der Waals surface area contributed by atoms with Crippen LogP contribution < -0.4 is 0 Å². The van der Waals surface area contributed by atoms with Crippen LogP contribution >= 0.6 is 11.6 Å². The van der Waals surface area contributed by atoms with Gasteiger partial charge in [-0.2, -0.15) is 0 Å². The van der Waals surface area contributed by atoms with Crippen LogP contribution in [-0.2, 0) is 9.53 Å². The minimum Gasteiger partial charge on any atom is -0.507 e. The van der Waals surface area contributed by atoms with Gasteiger partial charge in [0.15, 0.2) is 5.78 Å². The van der Waals surface area contributed by atoms with Crippen molar-refractivity contribution < 1.29 is 19.4 Å². The van der Waals surface area contributed by atoms with Crippen molar-refractivity contribution in [3.8, 4) is 0 Å². The van der Waals surface area contributed by atoms with Gasteiger partial charge in [-0.05, 0) is 57.9 Å². The Kier molecular flexibility index (Phi) is 6.11. The molecule has 0 aromatic heterocycles. The van der Waals surface area contributed by atoms with Gasteiger partial charge in [0.2, 0.25) is 0 Å². The number of amides is 1. The average Bonchev–Trinajstić information content (AvgIpc) is 2.54. The number of allylic oxidation sites excluding steroid dienone is 1. The molecule has 1 aliphatic rings. The van der Waals surface area contributed by atoms with Gasteiger partial charge < -0.3 is 14.7 Å². The summed E-state index contributed by atoms with van der Waals surface area (Å²) in [5.41, 5.74) is 0.0144. The molecule has 0 unspecified atom stereocenters. The first-order valence-corrected chi connectivity index (χ1v) is 8.72. The molecule has 1 aromatic rings. The Hall–Kier alpha value is -2.01. The largest absolute Gasteiger partial charge is 0.507 e. The number of benzene rings is 1. The quantitative estimate of drug-likeness (QED) is 0.634. The van der Waals surface area contributed by atoms with Crippen molar-refractivity contribution in [3.63, 3.8) is 0 Å². The van der Waals surface area contributed by atoms with E-state index in [4.69, 9.17) is 16.3 Å². The second kappa shape index (κ2) is 7.91. The lowest BCUT2D eigenvalue weighted by Crippen LogP contribution is -2.42. The van der Waals surface area contributed by atoms with E-state index in [1.807, 2.05) is 20.8 Å². The molecule has 0 aliphatic carbocycles. The van der Waals surface area contributed by atoms with Gasteiger partial charge in [0, 0.05) is 35.7 Å². The van der Waals surface area contributed by atoms with Crippen molar-refractivity contribution in [2.45, 2.75) is 39.2 Å². The van der Waals surface area contributed by atoms with Gasteiger partial charge in [-0.1, -0.05) is 11.6 Å². The number of rotatable bonds is 3. The number of nitrogens with zero attached hydrogens (tertiary/aromatic N) is 1. The third-order valence-electron chi connectivity index (χ3n) is 3.97. The first-order valence-electron chi connectivity index (χ1n) is 8.34. The molecule has 136 valence electrons. The summed E-state index contributed by atoms with van der Waals surface area (Å²) in [6, 6.07) is 6.63. The van der Waals surface area contributed by atoms with Crippen LogP contribution in [-0.4, -0.2) is 40.6 Å². The summed E-state index contributed by atoms with van der Waals surface area (Å²) in [6.45, 7) is 6.42. The zero-order chi connectivity index (χ0) is 18.6. The number of halogens is 1. The van der Waals surface area contributed by atoms with E-state index in [9.17, 15) is 14.7 Å². The number of carbonyl (C=O) groups excluding carboxylic acids is 2. The van der Waals surface area contributed by atoms with Gasteiger partial charge in [0.25, 0.3) is 0 Å². The fourth-order valence-corrected chi connectivity index (χ4v) is 2.76. The number of aliphatic hydroxyl groups excluding tert-OH is 1. The zero-order valence-corrected chi connectivity index (χ0v) is 15.5. The van der Waals surface area contributed by atoms with Crippen LogP contribution in [0.4, 0.5) is 4.79 Å². The fraction of sp³-hybridized carbons (Fsp3) is 0.474. The molecule has 0 radical (unpaired) electrons. The lowest BCUT2D eigenvalue weighted by atomic mass is 9.92. The molecule has 1 fully saturated rings. The molecular weight excluding hydrogens is 342 g/mol. The molecule has 1 N–H and O–H groups in total. The van der Waals surface area contributed by atoms with Crippen molar-refractivity contribution in [1.29, 1.82) is 0 Å². The highest BCUT2D eigenvalue weighted by molar-refractivity contribution is 6.30. The SMILES string of the molecule is CC(C)(C)OC(=O)N1CCC(C(=O)/C=C(\O)c2ccc(Cl)cc2)CC1. The van der Waals surface area contributed by atoms with Crippen molar-refractivity contribution in [2.24, 2.45) is 5.92 Å². The molecule has 2 rings (SSSR count). The lowest BCUT2D eigenvalue weighted by molar-refractivity contribution is -0.119. The third-order valence-corrected chi connectivity index (χ3v) is 4.22. The van der Waals surface area contributed by atoms with Gasteiger partial charge in [0.05, 0.1) is 0 Å². The molecule has 1 amide bonds. The van der Waals surface area contributed by atoms with Crippen LogP contribution in [0.5, 0.6) is 0 Å². The minimum atomic E-state index is -0.531. The number of piperidine rings is 1. The van der Waals surface area contributed by atoms with Gasteiger partial charge in [-0.25, -0.2) is 4.79 Å². The van der Waals surface area contributed by atoms with Gasteiger partial charge >= 0.3 is 6.09 Å². The predicted molar refractivity (Wildman–Crippen MR) is 97.6 cm³/mol. The van der Waals surface area contributed by atoms with Crippen LogP contribution in [0.15, 0.2) is 30.3 Å². The van der Waals surface area contributed by atoms with E-state index in [1.165, 1.54) is 6.08 Å². The van der Waals surface area contributed by atoms with Gasteiger partial charge in [-0.15, -0.1) is 0 Å². The van der Waals surface area contributed by atoms with E-state index in [0.717, 1.165) is 0 Å². The molecule has 0 atom stereocenters. The highest BCUT2D eigenvalue weighted by atomic mass is 35.5. The standard InChI is InChI=1S/C19H24ClNO4/c1-19(2,3)25-18(24)21-10-8-14(9-11-21)17(23)12-16(22)13-4-6-15(20)7-5-13/h4-7,12,14,22H,8-11H2,1-3H3/b16-12-. The molecule has 0 bridgehead atoms. The number of ketones is 1. The van der Waals surface area contributed by atoms with E-state index in [2.05, 4.69) is 0 Å². The summed E-state index contributed by atoms with van der Waals surface area (Å²) in [6.07, 6.45) is 2.03. The van der Waals surface area contributed by atoms with Crippen molar-refractivity contribution in [3.05, 3.63) is 40.9 Å². The van der Waals surface area contributed by atoms with Crippen LogP contribution in [0.25, 0.3) is 5.76 Å². The zero-order valence-electron chi connectivity index (χ0n) is 14.8. The first kappa shape index (κ1) is 19.3. The Morgan fingerprint density at radius 3 is 2.28 bits per heavy atom. The normalized spacial score (nSPS) is 16.6. The van der Waals surface area contributed by atoms with Crippen LogP contribution in [0.2, 0.25) is 5.02 Å². The van der Waals surface area contributed by atoms with Crippen molar-refractivity contribution in [2.75, 3.05) is 13.1 Å². The summed E-state index contributed by atoms with van der Waals surface area (Å²) < 4.78 is 5.34. The first-order chi connectivity index (χ1) is 11.7. The topological polar surface area (TPSA) is 66.8 Å². The van der Waals surface area contributed by atoms with E-state index in [1.54, 1.807) is 29.2 Å². The molecule has 0 saturated carbocycles. The monoisotopic (exact) mass is 365 g/mol. The molecular formula is C19H24ClNO4. The minimum absolute atomic E-state index is 0.0729. The number of hydrogen-bond donors (Lipinski definition) is 1. The van der Waals surface area contributed by atoms with Gasteiger partial charge in [-0.3, -0.25) is 4.79 Å². The highest BCUT2D eigenvalue weighted by Crippen LogP contribution is 2.23. The smallest absolute Gasteiger partial charge is 0.410 e. The Morgan fingerprint density at radius 2 is 1.76 bits per heavy atom. The molecule has 1 heterocycles.